The minimum absolute atomic E-state index is 0.421. The van der Waals surface area contributed by atoms with Crippen molar-refractivity contribution in [1.29, 1.82) is 0 Å². The van der Waals surface area contributed by atoms with E-state index < -0.39 is 0 Å². The van der Waals surface area contributed by atoms with Gasteiger partial charge in [0.15, 0.2) is 0 Å². The van der Waals surface area contributed by atoms with Gasteiger partial charge in [-0.05, 0) is 55.6 Å². The van der Waals surface area contributed by atoms with Crippen molar-refractivity contribution in [2.24, 2.45) is 0 Å². The first-order valence-electron chi connectivity index (χ1n) is 7.52. The van der Waals surface area contributed by atoms with Crippen molar-refractivity contribution in [3.05, 3.63) is 56.8 Å². The first-order chi connectivity index (χ1) is 9.65. The van der Waals surface area contributed by atoms with Gasteiger partial charge in [-0.1, -0.05) is 32.0 Å². The van der Waals surface area contributed by atoms with E-state index in [0.29, 0.717) is 6.04 Å². The van der Waals surface area contributed by atoms with Crippen LogP contribution in [0.4, 0.5) is 0 Å². The van der Waals surface area contributed by atoms with Crippen LogP contribution in [0.2, 0.25) is 0 Å². The van der Waals surface area contributed by atoms with Crippen molar-refractivity contribution >= 4 is 11.3 Å². The number of nitrogens with one attached hydrogen (secondary N) is 1. The lowest BCUT2D eigenvalue weighted by atomic mass is 9.93. The van der Waals surface area contributed by atoms with E-state index in [4.69, 9.17) is 0 Å². The molecule has 108 valence electrons. The van der Waals surface area contributed by atoms with E-state index in [9.17, 15) is 0 Å². The van der Waals surface area contributed by atoms with Crippen LogP contribution in [0.15, 0.2) is 30.3 Å². The van der Waals surface area contributed by atoms with Crippen molar-refractivity contribution in [3.63, 3.8) is 0 Å². The molecule has 1 nitrogen and oxygen atoms in total. The normalized spacial score (nSPS) is 12.6. The second-order valence-corrected chi connectivity index (χ2v) is 6.59. The number of hydrogen-bond donors (Lipinski definition) is 1. The number of aryl methyl sites for hydroxylation is 3. The Morgan fingerprint density at radius 1 is 1.00 bits per heavy atom. The summed E-state index contributed by atoms with van der Waals surface area (Å²) in [6, 6.07) is 11.6. The van der Waals surface area contributed by atoms with Gasteiger partial charge < -0.3 is 5.32 Å². The second-order valence-electron chi connectivity index (χ2n) is 5.34. The van der Waals surface area contributed by atoms with Gasteiger partial charge in [0.1, 0.15) is 0 Å². The lowest BCUT2D eigenvalue weighted by Crippen LogP contribution is -2.24. The van der Waals surface area contributed by atoms with Crippen LogP contribution in [0.25, 0.3) is 0 Å². The van der Waals surface area contributed by atoms with Crippen molar-refractivity contribution in [3.8, 4) is 0 Å². The maximum atomic E-state index is 3.66. The topological polar surface area (TPSA) is 12.0 Å². The highest BCUT2D eigenvalue weighted by molar-refractivity contribution is 7.11. The molecule has 0 fully saturated rings. The molecule has 1 aromatic carbocycles. The summed E-state index contributed by atoms with van der Waals surface area (Å²) in [6.07, 6.45) is 2.23. The summed E-state index contributed by atoms with van der Waals surface area (Å²) >= 11 is 1.95. The van der Waals surface area contributed by atoms with Crippen LogP contribution >= 0.6 is 11.3 Å². The molecule has 0 aliphatic heterocycles. The molecule has 2 heteroatoms. The van der Waals surface area contributed by atoms with E-state index in [2.05, 4.69) is 63.3 Å². The molecule has 1 heterocycles. The average Bonchev–Trinajstić information content (AvgIpc) is 2.86. The lowest BCUT2D eigenvalue weighted by Gasteiger charge is -2.22. The van der Waals surface area contributed by atoms with Gasteiger partial charge in [-0.3, -0.25) is 0 Å². The van der Waals surface area contributed by atoms with Crippen LogP contribution in [0.3, 0.4) is 0 Å². The summed E-state index contributed by atoms with van der Waals surface area (Å²) < 4.78 is 0. The Bertz CT molecular complexity index is 536. The Hall–Kier alpha value is -1.12. The van der Waals surface area contributed by atoms with E-state index in [0.717, 1.165) is 19.4 Å². The molecule has 0 spiro atoms. The Labute approximate surface area is 127 Å². The summed E-state index contributed by atoms with van der Waals surface area (Å²) in [7, 11) is 0. The monoisotopic (exact) mass is 287 g/mol. The Kier molecular flexibility index (Phi) is 5.38. The van der Waals surface area contributed by atoms with Crippen LogP contribution in [0.5, 0.6) is 0 Å². The molecule has 0 aliphatic carbocycles. The molecule has 2 aromatic rings. The minimum Gasteiger partial charge on any atom is -0.310 e. The largest absolute Gasteiger partial charge is 0.310 e. The summed E-state index contributed by atoms with van der Waals surface area (Å²) in [5.41, 5.74) is 4.26. The third-order valence-corrected chi connectivity index (χ3v) is 5.06. The van der Waals surface area contributed by atoms with Crippen molar-refractivity contribution in [2.45, 2.75) is 46.6 Å². The molecule has 0 saturated carbocycles. The van der Waals surface area contributed by atoms with Crippen LogP contribution in [0, 0.1) is 13.8 Å². The minimum atomic E-state index is 0.421. The lowest BCUT2D eigenvalue weighted by molar-refractivity contribution is 0.548. The van der Waals surface area contributed by atoms with E-state index in [1.54, 1.807) is 0 Å². The molecule has 1 aromatic heterocycles. The zero-order valence-electron chi connectivity index (χ0n) is 13.0. The molecular weight excluding hydrogens is 262 g/mol. The standard InChI is InChI=1S/C18H25NS/c1-5-15-10-11-16(20-15)12-17(19-6-2)18-13(3)8-7-9-14(18)4/h7-11,17,19H,5-6,12H2,1-4H3. The zero-order chi connectivity index (χ0) is 14.5. The fourth-order valence-electron chi connectivity index (χ4n) is 2.82. The Morgan fingerprint density at radius 3 is 2.20 bits per heavy atom. The third-order valence-electron chi connectivity index (χ3n) is 3.81. The van der Waals surface area contributed by atoms with E-state index in [1.807, 2.05) is 11.3 Å². The van der Waals surface area contributed by atoms with Gasteiger partial charge >= 0.3 is 0 Å². The predicted octanol–water partition coefficient (Wildman–Crippen LogP) is 4.82. The van der Waals surface area contributed by atoms with E-state index in [1.165, 1.54) is 26.4 Å². The zero-order valence-corrected chi connectivity index (χ0v) is 13.8. The summed E-state index contributed by atoms with van der Waals surface area (Å²) in [5, 5.41) is 3.66. The van der Waals surface area contributed by atoms with Gasteiger partial charge in [-0.2, -0.15) is 0 Å². The van der Waals surface area contributed by atoms with E-state index in [-0.39, 0.29) is 0 Å². The molecular formula is C18H25NS. The second kappa shape index (κ2) is 7.05. The SMILES string of the molecule is CCNC(Cc1ccc(CC)s1)c1c(C)cccc1C. The molecule has 1 N–H and O–H groups in total. The fourth-order valence-corrected chi connectivity index (χ4v) is 3.83. The van der Waals surface area contributed by atoms with Gasteiger partial charge in [-0.25, -0.2) is 0 Å². The maximum Gasteiger partial charge on any atom is 0.0373 e. The molecule has 0 aliphatic rings. The van der Waals surface area contributed by atoms with Crippen LogP contribution in [0.1, 0.15) is 46.3 Å². The van der Waals surface area contributed by atoms with Crippen molar-refractivity contribution in [1.82, 2.24) is 5.32 Å². The maximum absolute atomic E-state index is 3.66. The van der Waals surface area contributed by atoms with E-state index >= 15 is 0 Å². The number of thiophene rings is 1. The number of rotatable bonds is 6. The van der Waals surface area contributed by atoms with Crippen LogP contribution < -0.4 is 5.32 Å². The van der Waals surface area contributed by atoms with Crippen molar-refractivity contribution in [2.75, 3.05) is 6.54 Å². The molecule has 1 atom stereocenters. The smallest absolute Gasteiger partial charge is 0.0373 e. The van der Waals surface area contributed by atoms with Crippen LogP contribution in [-0.2, 0) is 12.8 Å². The molecule has 1 unspecified atom stereocenters. The predicted molar refractivity (Wildman–Crippen MR) is 89.7 cm³/mol. The molecule has 0 radical (unpaired) electrons. The van der Waals surface area contributed by atoms with Crippen LogP contribution in [-0.4, -0.2) is 6.54 Å². The van der Waals surface area contributed by atoms with Crippen molar-refractivity contribution < 1.29 is 0 Å². The third kappa shape index (κ3) is 3.50. The molecule has 0 bridgehead atoms. The van der Waals surface area contributed by atoms with Gasteiger partial charge in [0.2, 0.25) is 0 Å². The summed E-state index contributed by atoms with van der Waals surface area (Å²) in [5.74, 6) is 0. The summed E-state index contributed by atoms with van der Waals surface area (Å²) in [6.45, 7) is 9.86. The molecule has 0 amide bonds. The molecule has 2 rings (SSSR count). The number of benzene rings is 1. The Balaban J connectivity index is 2.26. The van der Waals surface area contributed by atoms with Gasteiger partial charge in [-0.15, -0.1) is 11.3 Å². The van der Waals surface area contributed by atoms with Gasteiger partial charge in [0, 0.05) is 22.2 Å². The number of hydrogen-bond acceptors (Lipinski definition) is 2. The highest BCUT2D eigenvalue weighted by Gasteiger charge is 2.16. The molecule has 0 saturated heterocycles. The quantitative estimate of drug-likeness (QED) is 0.803. The van der Waals surface area contributed by atoms with Gasteiger partial charge in [0.05, 0.1) is 0 Å². The highest BCUT2D eigenvalue weighted by atomic mass is 32.1. The Morgan fingerprint density at radius 2 is 1.65 bits per heavy atom. The summed E-state index contributed by atoms with van der Waals surface area (Å²) in [4.78, 5) is 2.97. The molecule has 20 heavy (non-hydrogen) atoms. The first kappa shape index (κ1) is 15.3. The first-order valence-corrected chi connectivity index (χ1v) is 8.34. The number of likely N-dealkylation sites (N-methyl/N-ethyl adjacent to an activating group) is 1. The van der Waals surface area contributed by atoms with Gasteiger partial charge in [0.25, 0.3) is 0 Å². The average molecular weight is 287 g/mol. The fraction of sp³-hybridized carbons (Fsp3) is 0.444. The highest BCUT2D eigenvalue weighted by Crippen LogP contribution is 2.28.